The van der Waals surface area contributed by atoms with Gasteiger partial charge in [0, 0.05) is 0 Å². The van der Waals surface area contributed by atoms with Crippen LogP contribution in [0.25, 0.3) is 0 Å². The fraction of sp³-hybridized carbons (Fsp3) is 0.375. The van der Waals surface area contributed by atoms with E-state index in [-0.39, 0.29) is 0 Å². The average molecular weight is 367 g/mol. The zero-order chi connectivity index (χ0) is 16.9. The SMILES string of the molecule is COc1ccccc1Nc1nc(Cl)c(/C=N/N2CC[NH+](C)CC2)s1. The predicted molar refractivity (Wildman–Crippen MR) is 99.2 cm³/mol. The van der Waals surface area contributed by atoms with Crippen molar-refractivity contribution in [2.75, 3.05) is 45.7 Å². The summed E-state index contributed by atoms with van der Waals surface area (Å²) in [7, 11) is 3.85. The summed E-state index contributed by atoms with van der Waals surface area (Å²) in [5, 5.41) is 11.0. The van der Waals surface area contributed by atoms with Gasteiger partial charge in [-0.05, 0) is 12.1 Å². The Morgan fingerprint density at radius 1 is 1.38 bits per heavy atom. The minimum absolute atomic E-state index is 0.459. The van der Waals surface area contributed by atoms with Crippen molar-refractivity contribution in [2.24, 2.45) is 5.10 Å². The Balaban J connectivity index is 1.68. The molecule has 0 unspecified atom stereocenters. The fourth-order valence-corrected chi connectivity index (χ4v) is 3.47. The highest BCUT2D eigenvalue weighted by Crippen LogP contribution is 2.31. The molecule has 6 nitrogen and oxygen atoms in total. The van der Waals surface area contributed by atoms with E-state index in [1.807, 2.05) is 24.3 Å². The molecule has 0 amide bonds. The Morgan fingerprint density at radius 2 is 2.12 bits per heavy atom. The Labute approximate surface area is 150 Å². The van der Waals surface area contributed by atoms with Crippen LogP contribution in [-0.4, -0.2) is 56.5 Å². The van der Waals surface area contributed by atoms with E-state index in [2.05, 4.69) is 27.5 Å². The summed E-state index contributed by atoms with van der Waals surface area (Å²) >= 11 is 7.71. The van der Waals surface area contributed by atoms with Crippen LogP contribution in [0.2, 0.25) is 5.15 Å². The third kappa shape index (κ3) is 4.17. The minimum Gasteiger partial charge on any atom is -0.495 e. The van der Waals surface area contributed by atoms with Gasteiger partial charge in [0.1, 0.15) is 5.75 Å². The molecule has 2 N–H and O–H groups in total. The second-order valence-electron chi connectivity index (χ2n) is 5.65. The van der Waals surface area contributed by atoms with Crippen LogP contribution in [0.4, 0.5) is 10.8 Å². The first kappa shape index (κ1) is 17.0. The first-order valence-electron chi connectivity index (χ1n) is 7.82. The number of benzene rings is 1. The Morgan fingerprint density at radius 3 is 2.88 bits per heavy atom. The van der Waals surface area contributed by atoms with E-state index < -0.39 is 0 Å². The maximum Gasteiger partial charge on any atom is 0.189 e. The molecule has 1 aromatic heterocycles. The minimum atomic E-state index is 0.459. The monoisotopic (exact) mass is 366 g/mol. The van der Waals surface area contributed by atoms with Gasteiger partial charge >= 0.3 is 0 Å². The van der Waals surface area contributed by atoms with Crippen molar-refractivity contribution in [1.82, 2.24) is 9.99 Å². The third-order valence-corrected chi connectivity index (χ3v) is 5.20. The van der Waals surface area contributed by atoms with Gasteiger partial charge in [0.15, 0.2) is 10.3 Å². The van der Waals surface area contributed by atoms with Crippen LogP contribution in [-0.2, 0) is 0 Å². The molecule has 0 atom stereocenters. The first-order chi connectivity index (χ1) is 11.7. The van der Waals surface area contributed by atoms with Crippen LogP contribution in [0.3, 0.4) is 0 Å². The van der Waals surface area contributed by atoms with Gasteiger partial charge in [0.25, 0.3) is 0 Å². The highest BCUT2D eigenvalue weighted by Gasteiger charge is 2.15. The van der Waals surface area contributed by atoms with Crippen molar-refractivity contribution in [3.8, 4) is 5.75 Å². The molecule has 2 aromatic rings. The maximum absolute atomic E-state index is 6.24. The lowest BCUT2D eigenvalue weighted by Gasteiger charge is -2.27. The lowest BCUT2D eigenvalue weighted by molar-refractivity contribution is -0.884. The molecule has 0 saturated carbocycles. The Hall–Kier alpha value is -1.83. The fourth-order valence-electron chi connectivity index (χ4n) is 2.44. The molecule has 1 aliphatic rings. The van der Waals surface area contributed by atoms with Crippen LogP contribution in [0.5, 0.6) is 5.75 Å². The topological polar surface area (TPSA) is 54.2 Å². The number of thiazole rings is 1. The van der Waals surface area contributed by atoms with Crippen molar-refractivity contribution in [3.05, 3.63) is 34.3 Å². The first-order valence-corrected chi connectivity index (χ1v) is 9.02. The van der Waals surface area contributed by atoms with E-state index in [9.17, 15) is 0 Å². The van der Waals surface area contributed by atoms with Crippen LogP contribution < -0.4 is 15.0 Å². The number of anilines is 2. The molecule has 0 radical (unpaired) electrons. The van der Waals surface area contributed by atoms with Gasteiger partial charge in [-0.2, -0.15) is 5.10 Å². The number of likely N-dealkylation sites (N-methyl/N-ethyl adjacent to an activating group) is 1. The summed E-state index contributed by atoms with van der Waals surface area (Å²) in [4.78, 5) is 6.75. The van der Waals surface area contributed by atoms with Gasteiger partial charge in [-0.1, -0.05) is 35.1 Å². The summed E-state index contributed by atoms with van der Waals surface area (Å²) in [5.41, 5.74) is 0.857. The van der Waals surface area contributed by atoms with Gasteiger partial charge in [0.05, 0.1) is 57.1 Å². The molecule has 1 fully saturated rings. The molecule has 24 heavy (non-hydrogen) atoms. The smallest absolute Gasteiger partial charge is 0.189 e. The number of hydrogen-bond acceptors (Lipinski definition) is 6. The summed E-state index contributed by atoms with van der Waals surface area (Å²) < 4.78 is 5.34. The standard InChI is InChI=1S/C16H20ClN5OS/c1-21-7-9-22(10-8-21)18-11-14-15(17)20-16(24-14)19-12-5-3-4-6-13(12)23-2/h3-6,11H,7-10H2,1-2H3,(H,19,20)/p+1/b18-11+. The number of ether oxygens (including phenoxy) is 1. The number of rotatable bonds is 5. The van der Waals surface area contributed by atoms with E-state index in [1.54, 1.807) is 18.2 Å². The number of aromatic nitrogens is 1. The largest absolute Gasteiger partial charge is 0.495 e. The molecule has 1 aromatic carbocycles. The average Bonchev–Trinajstić information content (AvgIpc) is 2.94. The molecule has 2 heterocycles. The van der Waals surface area contributed by atoms with Crippen LogP contribution in [0.15, 0.2) is 29.4 Å². The van der Waals surface area contributed by atoms with E-state index in [4.69, 9.17) is 16.3 Å². The predicted octanol–water partition coefficient (Wildman–Crippen LogP) is 1.71. The van der Waals surface area contributed by atoms with Gasteiger partial charge < -0.3 is 15.0 Å². The lowest BCUT2D eigenvalue weighted by atomic mass is 10.3. The van der Waals surface area contributed by atoms with Gasteiger partial charge in [-0.25, -0.2) is 4.98 Å². The lowest BCUT2D eigenvalue weighted by Crippen LogP contribution is -3.11. The molecule has 0 bridgehead atoms. The normalized spacial score (nSPS) is 15.9. The number of hydrogen-bond donors (Lipinski definition) is 2. The third-order valence-electron chi connectivity index (χ3n) is 3.89. The molecule has 128 valence electrons. The van der Waals surface area contributed by atoms with Crippen LogP contribution >= 0.6 is 22.9 Å². The number of quaternary nitrogens is 1. The number of para-hydroxylation sites is 2. The second kappa shape index (κ2) is 7.83. The molecule has 1 aliphatic heterocycles. The summed E-state index contributed by atoms with van der Waals surface area (Å²) in [5.74, 6) is 0.763. The van der Waals surface area contributed by atoms with Gasteiger partial charge in [-0.3, -0.25) is 5.01 Å². The highest BCUT2D eigenvalue weighted by molar-refractivity contribution is 7.17. The number of halogens is 1. The molecular weight excluding hydrogens is 346 g/mol. The van der Waals surface area contributed by atoms with Crippen LogP contribution in [0.1, 0.15) is 4.88 Å². The molecule has 1 saturated heterocycles. The van der Waals surface area contributed by atoms with E-state index in [0.29, 0.717) is 10.3 Å². The van der Waals surface area contributed by atoms with Crippen LogP contribution in [0, 0.1) is 0 Å². The molecule has 8 heteroatoms. The highest BCUT2D eigenvalue weighted by atomic mass is 35.5. The van der Waals surface area contributed by atoms with Gasteiger partial charge in [0.2, 0.25) is 0 Å². The molecule has 0 aliphatic carbocycles. The van der Waals surface area contributed by atoms with E-state index in [1.165, 1.54) is 11.3 Å². The maximum atomic E-state index is 6.24. The zero-order valence-electron chi connectivity index (χ0n) is 13.8. The van der Waals surface area contributed by atoms with E-state index in [0.717, 1.165) is 42.5 Å². The van der Waals surface area contributed by atoms with Crippen molar-refractivity contribution >= 4 is 40.0 Å². The van der Waals surface area contributed by atoms with Crippen molar-refractivity contribution < 1.29 is 9.64 Å². The number of nitrogens with one attached hydrogen (secondary N) is 2. The Bertz CT molecular complexity index is 712. The number of nitrogens with zero attached hydrogens (tertiary/aromatic N) is 3. The summed E-state index contributed by atoms with van der Waals surface area (Å²) in [6.45, 7) is 4.14. The number of piperazine rings is 1. The van der Waals surface area contributed by atoms with Gasteiger partial charge in [-0.15, -0.1) is 0 Å². The second-order valence-corrected chi connectivity index (χ2v) is 7.04. The van der Waals surface area contributed by atoms with Crippen molar-refractivity contribution in [2.45, 2.75) is 0 Å². The Kier molecular flexibility index (Phi) is 5.55. The molecule has 3 rings (SSSR count). The zero-order valence-corrected chi connectivity index (χ0v) is 15.3. The molecular formula is C16H21ClN5OS+. The van der Waals surface area contributed by atoms with Crippen molar-refractivity contribution in [3.63, 3.8) is 0 Å². The summed E-state index contributed by atoms with van der Waals surface area (Å²) in [6.07, 6.45) is 1.80. The quantitative estimate of drug-likeness (QED) is 0.791. The van der Waals surface area contributed by atoms with E-state index >= 15 is 0 Å². The number of hydrazone groups is 1. The number of methoxy groups -OCH3 is 1. The summed E-state index contributed by atoms with van der Waals surface area (Å²) in [6, 6.07) is 7.70. The van der Waals surface area contributed by atoms with Crippen molar-refractivity contribution in [1.29, 1.82) is 0 Å². The molecule has 0 spiro atoms.